The van der Waals surface area contributed by atoms with Gasteiger partial charge in [0.15, 0.2) is 0 Å². The second-order valence-corrected chi connectivity index (χ2v) is 6.57. The van der Waals surface area contributed by atoms with E-state index in [1.165, 1.54) is 0 Å². The summed E-state index contributed by atoms with van der Waals surface area (Å²) < 4.78 is 0. The number of aryl methyl sites for hydroxylation is 2. The first-order valence-electron chi connectivity index (χ1n) is 9.10. The lowest BCUT2D eigenvalue weighted by atomic mass is 10.1. The lowest BCUT2D eigenvalue weighted by Gasteiger charge is -2.01. The minimum atomic E-state index is 0.775. The molecule has 134 valence electrons. The Bertz CT molecular complexity index is 1060. The van der Waals surface area contributed by atoms with Crippen molar-refractivity contribution in [3.63, 3.8) is 0 Å². The van der Waals surface area contributed by atoms with Gasteiger partial charge in [0, 0.05) is 23.2 Å². The minimum Gasteiger partial charge on any atom is -0.345 e. The molecule has 0 fully saturated rings. The van der Waals surface area contributed by atoms with Gasteiger partial charge in [-0.3, -0.25) is 0 Å². The first-order valence-corrected chi connectivity index (χ1v) is 9.10. The molecule has 27 heavy (non-hydrogen) atoms. The molecule has 0 amide bonds. The zero-order valence-corrected chi connectivity index (χ0v) is 15.5. The molecule has 0 saturated heterocycles. The average molecular weight is 354 g/mol. The first kappa shape index (κ1) is 17.0. The van der Waals surface area contributed by atoms with Gasteiger partial charge in [-0.05, 0) is 19.9 Å². The number of aromatic amines is 2. The van der Waals surface area contributed by atoms with E-state index in [4.69, 9.17) is 0 Å². The molecule has 4 aromatic rings. The van der Waals surface area contributed by atoms with Gasteiger partial charge in [-0.2, -0.15) is 0 Å². The molecule has 2 heterocycles. The van der Waals surface area contributed by atoms with Gasteiger partial charge in [0.1, 0.15) is 11.6 Å². The fourth-order valence-electron chi connectivity index (χ4n) is 3.26. The molecule has 0 bridgehead atoms. The summed E-state index contributed by atoms with van der Waals surface area (Å²) in [7, 11) is 0. The predicted molar refractivity (Wildman–Crippen MR) is 110 cm³/mol. The molecule has 0 spiro atoms. The molecule has 4 rings (SSSR count). The summed E-state index contributed by atoms with van der Waals surface area (Å²) in [6.07, 6.45) is 5.03. The van der Waals surface area contributed by atoms with Crippen LogP contribution >= 0.6 is 0 Å². The summed E-state index contributed by atoms with van der Waals surface area (Å²) in [5.74, 6) is 1.84. The molecular formula is C23H22N4. The fraction of sp³-hybridized carbons (Fsp3) is 0.130. The van der Waals surface area contributed by atoms with Crippen molar-refractivity contribution in [1.82, 2.24) is 19.9 Å². The number of hydrogen-bond donors (Lipinski definition) is 2. The number of benzene rings is 2. The fourth-order valence-corrected chi connectivity index (χ4v) is 3.26. The number of nitrogens with zero attached hydrogens (tertiary/aromatic N) is 2. The van der Waals surface area contributed by atoms with Crippen LogP contribution in [-0.2, 0) is 6.42 Å². The summed E-state index contributed by atoms with van der Waals surface area (Å²) >= 11 is 0. The lowest BCUT2D eigenvalue weighted by molar-refractivity contribution is 1.09. The van der Waals surface area contributed by atoms with E-state index in [0.717, 1.165) is 52.0 Å². The van der Waals surface area contributed by atoms with E-state index in [1.54, 1.807) is 0 Å². The maximum absolute atomic E-state index is 4.67. The summed E-state index contributed by atoms with van der Waals surface area (Å²) in [5, 5.41) is 0. The average Bonchev–Trinajstić information content (AvgIpc) is 3.25. The maximum Gasteiger partial charge on any atom is 0.104 e. The van der Waals surface area contributed by atoms with E-state index in [0.29, 0.717) is 0 Å². The molecule has 0 unspecified atom stereocenters. The molecule has 0 aliphatic carbocycles. The molecule has 4 heteroatoms. The molecular weight excluding hydrogens is 332 g/mol. The van der Waals surface area contributed by atoms with Crippen LogP contribution in [-0.4, -0.2) is 19.9 Å². The smallest absolute Gasteiger partial charge is 0.104 e. The number of rotatable bonds is 5. The van der Waals surface area contributed by atoms with E-state index < -0.39 is 0 Å². The molecule has 4 nitrogen and oxygen atoms in total. The molecule has 0 radical (unpaired) electrons. The van der Waals surface area contributed by atoms with E-state index >= 15 is 0 Å². The summed E-state index contributed by atoms with van der Waals surface area (Å²) in [6, 6.07) is 20.5. The number of aromatic nitrogens is 4. The Kier molecular flexibility index (Phi) is 4.71. The maximum atomic E-state index is 4.67. The minimum absolute atomic E-state index is 0.775. The van der Waals surface area contributed by atoms with Gasteiger partial charge in [0.25, 0.3) is 0 Å². The Morgan fingerprint density at radius 3 is 1.96 bits per heavy atom. The summed E-state index contributed by atoms with van der Waals surface area (Å²) in [6.45, 7) is 3.97. The molecule has 0 saturated carbocycles. The molecule has 0 aliphatic heterocycles. The third-order valence-corrected chi connectivity index (χ3v) is 4.45. The van der Waals surface area contributed by atoms with Crippen molar-refractivity contribution in [2.24, 2.45) is 0 Å². The summed E-state index contributed by atoms with van der Waals surface area (Å²) in [4.78, 5) is 16.1. The van der Waals surface area contributed by atoms with Crippen molar-refractivity contribution in [3.8, 4) is 22.5 Å². The highest BCUT2D eigenvalue weighted by Crippen LogP contribution is 2.24. The zero-order valence-electron chi connectivity index (χ0n) is 15.5. The van der Waals surface area contributed by atoms with E-state index in [1.807, 2.05) is 50.2 Å². The van der Waals surface area contributed by atoms with Crippen LogP contribution in [0, 0.1) is 13.8 Å². The van der Waals surface area contributed by atoms with Crippen molar-refractivity contribution in [3.05, 3.63) is 89.8 Å². The number of hydrogen-bond acceptors (Lipinski definition) is 2. The van der Waals surface area contributed by atoms with Gasteiger partial charge < -0.3 is 9.97 Å². The van der Waals surface area contributed by atoms with Crippen LogP contribution in [0.5, 0.6) is 0 Å². The van der Waals surface area contributed by atoms with Gasteiger partial charge >= 0.3 is 0 Å². The van der Waals surface area contributed by atoms with Crippen molar-refractivity contribution in [1.29, 1.82) is 0 Å². The lowest BCUT2D eigenvalue weighted by Crippen LogP contribution is -1.87. The van der Waals surface area contributed by atoms with Crippen LogP contribution in [0.1, 0.15) is 23.0 Å². The highest BCUT2D eigenvalue weighted by molar-refractivity contribution is 5.70. The number of nitrogens with one attached hydrogen (secondary N) is 2. The first-order chi connectivity index (χ1) is 13.2. The SMILES string of the molecule is Cc1nc(-c2ccccc2)c(/C=C/Cc2[nH]c(C)nc2-c2ccccc2)[nH]1. The quantitative estimate of drug-likeness (QED) is 0.508. The Hall–Kier alpha value is -3.40. The number of allylic oxidation sites excluding steroid dienone is 1. The van der Waals surface area contributed by atoms with E-state index in [9.17, 15) is 0 Å². The molecule has 2 N–H and O–H groups in total. The summed E-state index contributed by atoms with van der Waals surface area (Å²) in [5.41, 5.74) is 6.38. The standard InChI is InChI=1S/C23H22N4/c1-16-24-20(22(26-16)18-10-5-3-6-11-18)14-9-15-21-23(27-17(2)25-21)19-12-7-4-8-13-19/h3-14H,15H2,1-2H3,(H,24,26)(H,25,27)/b14-9+. The van der Waals surface area contributed by atoms with Gasteiger partial charge in [-0.25, -0.2) is 9.97 Å². The highest BCUT2D eigenvalue weighted by atomic mass is 14.9. The molecule has 0 atom stereocenters. The Morgan fingerprint density at radius 2 is 1.30 bits per heavy atom. The molecule has 2 aromatic carbocycles. The molecule has 2 aromatic heterocycles. The Labute approximate surface area is 159 Å². The van der Waals surface area contributed by atoms with Crippen molar-refractivity contribution < 1.29 is 0 Å². The second-order valence-electron chi connectivity index (χ2n) is 6.57. The normalized spacial score (nSPS) is 11.3. The van der Waals surface area contributed by atoms with Crippen molar-refractivity contribution in [2.75, 3.05) is 0 Å². The highest BCUT2D eigenvalue weighted by Gasteiger charge is 2.10. The van der Waals surface area contributed by atoms with E-state index in [-0.39, 0.29) is 0 Å². The van der Waals surface area contributed by atoms with Gasteiger partial charge in [-0.15, -0.1) is 0 Å². The van der Waals surface area contributed by atoms with Crippen LogP contribution in [0.15, 0.2) is 66.7 Å². The van der Waals surface area contributed by atoms with Crippen LogP contribution in [0.2, 0.25) is 0 Å². The molecule has 0 aliphatic rings. The number of imidazole rings is 2. The van der Waals surface area contributed by atoms with Gasteiger partial charge in [-0.1, -0.05) is 66.7 Å². The Balaban J connectivity index is 1.60. The van der Waals surface area contributed by atoms with Crippen LogP contribution in [0.25, 0.3) is 28.6 Å². The zero-order chi connectivity index (χ0) is 18.6. The van der Waals surface area contributed by atoms with Crippen LogP contribution in [0.4, 0.5) is 0 Å². The van der Waals surface area contributed by atoms with Crippen LogP contribution < -0.4 is 0 Å². The van der Waals surface area contributed by atoms with Gasteiger partial charge in [0.2, 0.25) is 0 Å². The second kappa shape index (κ2) is 7.46. The monoisotopic (exact) mass is 354 g/mol. The van der Waals surface area contributed by atoms with E-state index in [2.05, 4.69) is 56.4 Å². The third-order valence-electron chi connectivity index (χ3n) is 4.45. The van der Waals surface area contributed by atoms with Crippen molar-refractivity contribution in [2.45, 2.75) is 20.3 Å². The number of H-pyrrole nitrogens is 2. The van der Waals surface area contributed by atoms with Crippen molar-refractivity contribution >= 4 is 6.08 Å². The largest absolute Gasteiger partial charge is 0.345 e. The van der Waals surface area contributed by atoms with Gasteiger partial charge in [0.05, 0.1) is 17.1 Å². The topological polar surface area (TPSA) is 57.4 Å². The third kappa shape index (κ3) is 3.75. The Morgan fingerprint density at radius 1 is 0.741 bits per heavy atom. The predicted octanol–water partition coefficient (Wildman–Crippen LogP) is 5.34. The van der Waals surface area contributed by atoms with Crippen LogP contribution in [0.3, 0.4) is 0 Å².